The Morgan fingerprint density at radius 1 is 1.06 bits per heavy atom. The lowest BCUT2D eigenvalue weighted by Gasteiger charge is -2.11. The number of rotatable bonds is 7. The van der Waals surface area contributed by atoms with Gasteiger partial charge in [0.2, 0.25) is 5.95 Å². The Hall–Kier alpha value is -3.54. The molecule has 0 bridgehead atoms. The Bertz CT molecular complexity index is 1260. The molecule has 2 aromatic heterocycles. The number of benzene rings is 1. The maximum absolute atomic E-state index is 12.9. The van der Waals surface area contributed by atoms with Crippen LogP contribution in [0.2, 0.25) is 0 Å². The number of carbonyl (C=O) groups is 1. The van der Waals surface area contributed by atoms with E-state index in [0.717, 1.165) is 24.1 Å². The van der Waals surface area contributed by atoms with Crippen molar-refractivity contribution in [2.24, 2.45) is 0 Å². The third-order valence-corrected chi connectivity index (χ3v) is 5.31. The molecule has 0 unspecified atom stereocenters. The van der Waals surface area contributed by atoms with Crippen LogP contribution in [0.4, 0.5) is 24.8 Å². The number of carbonyl (C=O) groups excluding carboxylic acids is 1. The molecule has 0 aliphatic heterocycles. The monoisotopic (exact) mass is 479 g/mol. The number of amides is 1. The average Bonchev–Trinajstić information content (AvgIpc) is 2.72. The molecule has 3 aromatic rings. The van der Waals surface area contributed by atoms with Crippen LogP contribution in [0.3, 0.4) is 0 Å². The Morgan fingerprint density at radius 2 is 1.82 bits per heavy atom. The van der Waals surface area contributed by atoms with Crippen LogP contribution in [0.5, 0.6) is 0 Å². The summed E-state index contributed by atoms with van der Waals surface area (Å²) in [6, 6.07) is 9.22. The van der Waals surface area contributed by atoms with Crippen molar-refractivity contribution >= 4 is 27.4 Å². The molecule has 1 aromatic carbocycles. The van der Waals surface area contributed by atoms with Crippen LogP contribution >= 0.6 is 0 Å². The van der Waals surface area contributed by atoms with E-state index in [1.165, 1.54) is 12.3 Å². The molecular formula is C21H20F3N5O3S. The van der Waals surface area contributed by atoms with Gasteiger partial charge in [-0.2, -0.15) is 13.2 Å². The number of pyridine rings is 1. The maximum atomic E-state index is 12.9. The summed E-state index contributed by atoms with van der Waals surface area (Å²) in [5.41, 5.74) is 1.75. The zero-order valence-electron chi connectivity index (χ0n) is 17.6. The molecule has 0 spiro atoms. The highest BCUT2D eigenvalue weighted by molar-refractivity contribution is 7.90. The largest absolute Gasteiger partial charge is 0.433 e. The summed E-state index contributed by atoms with van der Waals surface area (Å²) >= 11 is 0. The minimum absolute atomic E-state index is 0.0222. The van der Waals surface area contributed by atoms with Crippen LogP contribution in [0.15, 0.2) is 48.8 Å². The van der Waals surface area contributed by atoms with Crippen molar-refractivity contribution in [2.45, 2.75) is 13.1 Å². The van der Waals surface area contributed by atoms with E-state index in [1.807, 2.05) is 13.0 Å². The zero-order valence-corrected chi connectivity index (χ0v) is 18.5. The molecule has 33 heavy (non-hydrogen) atoms. The Balaban J connectivity index is 1.76. The van der Waals surface area contributed by atoms with E-state index >= 15 is 0 Å². The first-order valence-corrected chi connectivity index (χ1v) is 11.7. The lowest BCUT2D eigenvalue weighted by Crippen LogP contribution is -2.29. The van der Waals surface area contributed by atoms with Gasteiger partial charge in [0.25, 0.3) is 5.91 Å². The highest BCUT2D eigenvalue weighted by Gasteiger charge is 2.32. The SMILES string of the molecule is Cc1cc(Nc2nccc(C(F)(F)F)n2)cc(-c2ccc(C(=O)NCCS(C)(=O)=O)nc2)c1. The van der Waals surface area contributed by atoms with E-state index in [0.29, 0.717) is 16.8 Å². The van der Waals surface area contributed by atoms with Crippen molar-refractivity contribution < 1.29 is 26.4 Å². The van der Waals surface area contributed by atoms with Gasteiger partial charge in [-0.1, -0.05) is 12.1 Å². The fraction of sp³-hybridized carbons (Fsp3) is 0.238. The molecule has 2 N–H and O–H groups in total. The first-order chi connectivity index (χ1) is 15.4. The van der Waals surface area contributed by atoms with Crippen LogP contribution in [-0.4, -0.2) is 47.8 Å². The minimum Gasteiger partial charge on any atom is -0.350 e. The van der Waals surface area contributed by atoms with Gasteiger partial charge in [0.05, 0.1) is 5.75 Å². The summed E-state index contributed by atoms with van der Waals surface area (Å²) in [6.45, 7) is 1.80. The fourth-order valence-corrected chi connectivity index (χ4v) is 3.34. The second kappa shape index (κ2) is 9.53. The minimum atomic E-state index is -4.58. The van der Waals surface area contributed by atoms with Crippen molar-refractivity contribution in [3.05, 3.63) is 65.7 Å². The number of sulfone groups is 1. The summed E-state index contributed by atoms with van der Waals surface area (Å²) in [5.74, 6) is -0.870. The average molecular weight is 479 g/mol. The summed E-state index contributed by atoms with van der Waals surface area (Å²) in [7, 11) is -3.19. The number of aryl methyl sites for hydroxylation is 1. The number of aromatic nitrogens is 3. The highest BCUT2D eigenvalue weighted by Crippen LogP contribution is 2.29. The van der Waals surface area contributed by atoms with Crippen LogP contribution in [0.25, 0.3) is 11.1 Å². The van der Waals surface area contributed by atoms with Crippen molar-refractivity contribution in [1.82, 2.24) is 20.3 Å². The van der Waals surface area contributed by atoms with Gasteiger partial charge in [-0.15, -0.1) is 0 Å². The number of nitrogens with zero attached hydrogens (tertiary/aromatic N) is 3. The third-order valence-electron chi connectivity index (χ3n) is 4.37. The molecule has 0 aliphatic rings. The Kier molecular flexibility index (Phi) is 6.96. The lowest BCUT2D eigenvalue weighted by atomic mass is 10.0. The maximum Gasteiger partial charge on any atom is 0.433 e. The Labute approximate surface area is 188 Å². The van der Waals surface area contributed by atoms with E-state index in [2.05, 4.69) is 25.6 Å². The van der Waals surface area contributed by atoms with E-state index in [9.17, 15) is 26.4 Å². The molecule has 2 heterocycles. The van der Waals surface area contributed by atoms with Gasteiger partial charge in [-0.25, -0.2) is 18.4 Å². The standard InChI is InChI=1S/C21H20F3N5O3S/c1-13-9-15(11-16(10-13)28-20-26-6-5-18(29-20)21(22,23)24)14-3-4-17(27-12-14)19(30)25-7-8-33(2,31)32/h3-6,9-12H,7-8H2,1-2H3,(H,25,30)(H,26,28,29). The molecule has 3 rings (SSSR count). The molecule has 8 nitrogen and oxygen atoms in total. The van der Waals surface area contributed by atoms with Gasteiger partial charge in [0.15, 0.2) is 0 Å². The molecule has 174 valence electrons. The van der Waals surface area contributed by atoms with Crippen LogP contribution in [0, 0.1) is 6.92 Å². The molecule has 0 atom stereocenters. The fourth-order valence-electron chi connectivity index (χ4n) is 2.87. The number of alkyl halides is 3. The van der Waals surface area contributed by atoms with E-state index < -0.39 is 27.6 Å². The zero-order chi connectivity index (χ0) is 24.2. The molecule has 0 radical (unpaired) electrons. The third kappa shape index (κ3) is 6.97. The number of hydrogen-bond donors (Lipinski definition) is 2. The molecule has 0 aliphatic carbocycles. The predicted molar refractivity (Wildman–Crippen MR) is 117 cm³/mol. The molecule has 0 saturated heterocycles. The van der Waals surface area contributed by atoms with E-state index in [1.54, 1.807) is 18.2 Å². The molecule has 0 saturated carbocycles. The van der Waals surface area contributed by atoms with E-state index in [4.69, 9.17) is 0 Å². The van der Waals surface area contributed by atoms with Crippen LogP contribution < -0.4 is 10.6 Å². The van der Waals surface area contributed by atoms with Gasteiger partial charge in [-0.3, -0.25) is 9.78 Å². The second-order valence-corrected chi connectivity index (χ2v) is 9.55. The normalized spacial score (nSPS) is 11.8. The summed E-state index contributed by atoms with van der Waals surface area (Å²) in [5, 5.41) is 5.27. The number of nitrogens with one attached hydrogen (secondary N) is 2. The van der Waals surface area contributed by atoms with Gasteiger partial charge in [0.1, 0.15) is 21.2 Å². The van der Waals surface area contributed by atoms with Crippen molar-refractivity contribution in [3.8, 4) is 11.1 Å². The topological polar surface area (TPSA) is 114 Å². The van der Waals surface area contributed by atoms with Gasteiger partial charge in [0, 0.05) is 36.4 Å². The predicted octanol–water partition coefficient (Wildman–Crippen LogP) is 3.38. The smallest absolute Gasteiger partial charge is 0.350 e. The first-order valence-electron chi connectivity index (χ1n) is 9.62. The van der Waals surface area contributed by atoms with Crippen molar-refractivity contribution in [1.29, 1.82) is 0 Å². The highest BCUT2D eigenvalue weighted by atomic mass is 32.2. The lowest BCUT2D eigenvalue weighted by molar-refractivity contribution is -0.141. The molecular weight excluding hydrogens is 459 g/mol. The van der Waals surface area contributed by atoms with Crippen molar-refractivity contribution in [3.63, 3.8) is 0 Å². The molecule has 1 amide bonds. The van der Waals surface area contributed by atoms with Gasteiger partial charge >= 0.3 is 6.18 Å². The molecule has 0 fully saturated rings. The van der Waals surface area contributed by atoms with E-state index in [-0.39, 0.29) is 23.9 Å². The quantitative estimate of drug-likeness (QED) is 0.534. The second-order valence-electron chi connectivity index (χ2n) is 7.29. The Morgan fingerprint density at radius 3 is 2.45 bits per heavy atom. The summed E-state index contributed by atoms with van der Waals surface area (Å²) in [4.78, 5) is 23.6. The van der Waals surface area contributed by atoms with Gasteiger partial charge in [-0.05, 0) is 42.3 Å². The summed E-state index contributed by atoms with van der Waals surface area (Å²) < 4.78 is 61.0. The van der Waals surface area contributed by atoms with Crippen LogP contribution in [-0.2, 0) is 16.0 Å². The number of anilines is 2. The van der Waals surface area contributed by atoms with Crippen molar-refractivity contribution in [2.75, 3.05) is 23.9 Å². The molecule has 12 heteroatoms. The van der Waals surface area contributed by atoms with Gasteiger partial charge < -0.3 is 10.6 Å². The number of halogens is 3. The van der Waals surface area contributed by atoms with Crippen LogP contribution in [0.1, 0.15) is 21.7 Å². The number of hydrogen-bond acceptors (Lipinski definition) is 7. The first kappa shape index (κ1) is 24.1. The summed E-state index contributed by atoms with van der Waals surface area (Å²) in [6.07, 6.45) is -0.999.